The number of thiazole rings is 1. The first-order valence-corrected chi connectivity index (χ1v) is 7.76. The van der Waals surface area contributed by atoms with Gasteiger partial charge in [0.2, 0.25) is 0 Å². The molecule has 3 nitrogen and oxygen atoms in total. The number of benzene rings is 2. The van der Waals surface area contributed by atoms with Gasteiger partial charge in [-0.15, -0.1) is 11.3 Å². The molecule has 0 fully saturated rings. The van der Waals surface area contributed by atoms with Gasteiger partial charge in [0.1, 0.15) is 5.75 Å². The SMILES string of the molecule is COc1ccc(CNCc2cnc(C)s2)c2ccccc12. The molecule has 0 saturated heterocycles. The van der Waals surface area contributed by atoms with Gasteiger partial charge in [0.15, 0.2) is 0 Å². The Morgan fingerprint density at radius 3 is 2.62 bits per heavy atom. The van der Waals surface area contributed by atoms with E-state index < -0.39 is 0 Å². The van der Waals surface area contributed by atoms with Crippen LogP contribution >= 0.6 is 11.3 Å². The highest BCUT2D eigenvalue weighted by molar-refractivity contribution is 7.11. The summed E-state index contributed by atoms with van der Waals surface area (Å²) in [5, 5.41) is 7.00. The predicted molar refractivity (Wildman–Crippen MR) is 87.9 cm³/mol. The van der Waals surface area contributed by atoms with Crippen molar-refractivity contribution in [2.24, 2.45) is 0 Å². The van der Waals surface area contributed by atoms with Gasteiger partial charge in [-0.2, -0.15) is 0 Å². The largest absolute Gasteiger partial charge is 0.496 e. The molecule has 0 amide bonds. The molecule has 1 N–H and O–H groups in total. The van der Waals surface area contributed by atoms with Gasteiger partial charge in [0.05, 0.1) is 12.1 Å². The highest BCUT2D eigenvalue weighted by Crippen LogP contribution is 2.28. The van der Waals surface area contributed by atoms with Crippen LogP contribution in [0.3, 0.4) is 0 Å². The number of fused-ring (bicyclic) bond motifs is 1. The third-order valence-corrected chi connectivity index (χ3v) is 4.39. The lowest BCUT2D eigenvalue weighted by Crippen LogP contribution is -2.12. The molecular weight excluding hydrogens is 280 g/mol. The molecule has 3 rings (SSSR count). The summed E-state index contributed by atoms with van der Waals surface area (Å²) in [5.74, 6) is 0.924. The summed E-state index contributed by atoms with van der Waals surface area (Å²) >= 11 is 1.74. The average molecular weight is 298 g/mol. The molecule has 0 aliphatic heterocycles. The number of aryl methyl sites for hydroxylation is 1. The van der Waals surface area contributed by atoms with Gasteiger partial charge in [-0.05, 0) is 23.9 Å². The maximum Gasteiger partial charge on any atom is 0.126 e. The zero-order valence-electron chi connectivity index (χ0n) is 12.2. The first-order chi connectivity index (χ1) is 10.3. The fourth-order valence-corrected chi connectivity index (χ4v) is 3.24. The lowest BCUT2D eigenvalue weighted by Gasteiger charge is -2.11. The van der Waals surface area contributed by atoms with Gasteiger partial charge in [0.25, 0.3) is 0 Å². The molecule has 0 spiro atoms. The molecule has 3 aromatic rings. The van der Waals surface area contributed by atoms with Gasteiger partial charge in [-0.25, -0.2) is 4.98 Å². The van der Waals surface area contributed by atoms with Gasteiger partial charge in [0, 0.05) is 29.5 Å². The smallest absolute Gasteiger partial charge is 0.126 e. The van der Waals surface area contributed by atoms with E-state index in [4.69, 9.17) is 4.74 Å². The molecule has 21 heavy (non-hydrogen) atoms. The monoisotopic (exact) mass is 298 g/mol. The summed E-state index contributed by atoms with van der Waals surface area (Å²) in [6, 6.07) is 12.5. The quantitative estimate of drug-likeness (QED) is 0.775. The minimum Gasteiger partial charge on any atom is -0.496 e. The maximum atomic E-state index is 5.43. The van der Waals surface area contributed by atoms with Crippen LogP contribution in [0.25, 0.3) is 10.8 Å². The Bertz CT molecular complexity index is 751. The Hall–Kier alpha value is -1.91. The fourth-order valence-electron chi connectivity index (χ4n) is 2.47. The molecule has 2 aromatic carbocycles. The van der Waals surface area contributed by atoms with Crippen molar-refractivity contribution in [3.63, 3.8) is 0 Å². The Morgan fingerprint density at radius 1 is 1.10 bits per heavy atom. The topological polar surface area (TPSA) is 34.1 Å². The second-order valence-electron chi connectivity index (χ2n) is 4.92. The van der Waals surface area contributed by atoms with Crippen molar-refractivity contribution in [1.29, 1.82) is 0 Å². The summed E-state index contributed by atoms with van der Waals surface area (Å²) in [4.78, 5) is 5.55. The number of ether oxygens (including phenoxy) is 1. The van der Waals surface area contributed by atoms with Crippen LogP contribution in [0, 0.1) is 6.92 Å². The highest BCUT2D eigenvalue weighted by atomic mass is 32.1. The summed E-state index contributed by atoms with van der Waals surface area (Å²) < 4.78 is 5.43. The maximum absolute atomic E-state index is 5.43. The lowest BCUT2D eigenvalue weighted by molar-refractivity contribution is 0.419. The van der Waals surface area contributed by atoms with Gasteiger partial charge in [-0.1, -0.05) is 30.3 Å². The zero-order chi connectivity index (χ0) is 14.7. The van der Waals surface area contributed by atoms with E-state index in [1.54, 1.807) is 18.4 Å². The molecule has 4 heteroatoms. The van der Waals surface area contributed by atoms with Crippen molar-refractivity contribution in [3.05, 3.63) is 58.0 Å². The van der Waals surface area contributed by atoms with Crippen LogP contribution in [-0.4, -0.2) is 12.1 Å². The Kier molecular flexibility index (Phi) is 4.18. The lowest BCUT2D eigenvalue weighted by atomic mass is 10.0. The zero-order valence-corrected chi connectivity index (χ0v) is 13.0. The van der Waals surface area contributed by atoms with Crippen LogP contribution in [-0.2, 0) is 13.1 Å². The summed E-state index contributed by atoms with van der Waals surface area (Å²) in [7, 11) is 1.71. The van der Waals surface area contributed by atoms with E-state index in [1.807, 2.05) is 25.3 Å². The van der Waals surface area contributed by atoms with E-state index in [0.717, 1.165) is 29.2 Å². The number of hydrogen-bond acceptors (Lipinski definition) is 4. The number of aromatic nitrogens is 1. The van der Waals surface area contributed by atoms with Crippen molar-refractivity contribution < 1.29 is 4.74 Å². The van der Waals surface area contributed by atoms with Crippen molar-refractivity contribution in [2.45, 2.75) is 20.0 Å². The molecule has 0 atom stereocenters. The van der Waals surface area contributed by atoms with Crippen molar-refractivity contribution in [3.8, 4) is 5.75 Å². The van der Waals surface area contributed by atoms with E-state index in [-0.39, 0.29) is 0 Å². The van der Waals surface area contributed by atoms with Crippen LogP contribution in [0.15, 0.2) is 42.6 Å². The Morgan fingerprint density at radius 2 is 1.90 bits per heavy atom. The van der Waals surface area contributed by atoms with E-state index in [9.17, 15) is 0 Å². The Balaban J connectivity index is 1.78. The van der Waals surface area contributed by atoms with Gasteiger partial charge in [-0.3, -0.25) is 0 Å². The fraction of sp³-hybridized carbons (Fsp3) is 0.235. The molecule has 108 valence electrons. The average Bonchev–Trinajstić information content (AvgIpc) is 2.93. The van der Waals surface area contributed by atoms with Crippen LogP contribution in [0.4, 0.5) is 0 Å². The second kappa shape index (κ2) is 6.24. The van der Waals surface area contributed by atoms with Crippen LogP contribution in [0.5, 0.6) is 5.75 Å². The minimum atomic E-state index is 0.835. The van der Waals surface area contributed by atoms with Crippen molar-refractivity contribution >= 4 is 22.1 Å². The summed E-state index contributed by atoms with van der Waals surface area (Å²) in [6.45, 7) is 3.72. The van der Waals surface area contributed by atoms with Gasteiger partial charge >= 0.3 is 0 Å². The normalized spacial score (nSPS) is 11.0. The first kappa shape index (κ1) is 14.0. The van der Waals surface area contributed by atoms with Gasteiger partial charge < -0.3 is 10.1 Å². The van der Waals surface area contributed by atoms with E-state index in [0.29, 0.717) is 0 Å². The van der Waals surface area contributed by atoms with Crippen LogP contribution in [0.2, 0.25) is 0 Å². The molecular formula is C17H18N2OS. The number of rotatable bonds is 5. The molecule has 0 unspecified atom stereocenters. The number of nitrogens with one attached hydrogen (secondary N) is 1. The van der Waals surface area contributed by atoms with Crippen LogP contribution < -0.4 is 10.1 Å². The van der Waals surface area contributed by atoms with E-state index >= 15 is 0 Å². The molecule has 0 radical (unpaired) electrons. The van der Waals surface area contributed by atoms with E-state index in [1.165, 1.54) is 15.8 Å². The standard InChI is InChI=1S/C17H18N2OS/c1-12-19-11-14(21-12)10-18-9-13-7-8-17(20-2)16-6-4-3-5-15(13)16/h3-8,11,18H,9-10H2,1-2H3. The first-order valence-electron chi connectivity index (χ1n) is 6.94. The van der Waals surface area contributed by atoms with Crippen LogP contribution in [0.1, 0.15) is 15.4 Å². The van der Waals surface area contributed by atoms with Crippen molar-refractivity contribution in [2.75, 3.05) is 7.11 Å². The molecule has 0 aliphatic rings. The van der Waals surface area contributed by atoms with E-state index in [2.05, 4.69) is 34.6 Å². The number of hydrogen-bond donors (Lipinski definition) is 1. The van der Waals surface area contributed by atoms with Crippen molar-refractivity contribution in [1.82, 2.24) is 10.3 Å². The third kappa shape index (κ3) is 3.06. The third-order valence-electron chi connectivity index (χ3n) is 3.48. The summed E-state index contributed by atoms with van der Waals surface area (Å²) in [5.41, 5.74) is 1.28. The number of nitrogens with zero attached hydrogens (tertiary/aromatic N) is 1. The Labute approximate surface area is 128 Å². The summed E-state index contributed by atoms with van der Waals surface area (Å²) in [6.07, 6.45) is 1.94. The molecule has 0 aliphatic carbocycles. The minimum absolute atomic E-state index is 0.835. The molecule has 1 aromatic heterocycles. The number of methoxy groups -OCH3 is 1. The molecule has 0 saturated carbocycles. The highest BCUT2D eigenvalue weighted by Gasteiger charge is 2.06. The second-order valence-corrected chi connectivity index (χ2v) is 6.24. The molecule has 0 bridgehead atoms. The predicted octanol–water partition coefficient (Wildman–Crippen LogP) is 3.90. The molecule has 1 heterocycles.